The molecule has 2 aromatic heterocycles. The number of carbonyl (C=O) groups excluding carboxylic acids is 1. The van der Waals surface area contributed by atoms with Crippen molar-refractivity contribution < 1.29 is 9.53 Å². The molecule has 0 aliphatic rings. The van der Waals surface area contributed by atoms with Crippen LogP contribution in [0.2, 0.25) is 0 Å². The van der Waals surface area contributed by atoms with Gasteiger partial charge in [-0.25, -0.2) is 9.97 Å². The van der Waals surface area contributed by atoms with Gasteiger partial charge >= 0.3 is 0 Å². The molecular weight excluding hydrogens is 334 g/mol. The van der Waals surface area contributed by atoms with Gasteiger partial charge in [-0.05, 0) is 42.5 Å². The van der Waals surface area contributed by atoms with E-state index in [0.717, 1.165) is 15.9 Å². The number of fused-ring (bicyclic) bond motifs is 1. The van der Waals surface area contributed by atoms with E-state index in [1.807, 2.05) is 30.3 Å². The lowest BCUT2D eigenvalue weighted by Gasteiger charge is -2.08. The molecule has 6 heteroatoms. The molecule has 0 aliphatic heterocycles. The van der Waals surface area contributed by atoms with Gasteiger partial charge in [-0.1, -0.05) is 12.1 Å². The number of pyridine rings is 1. The molecule has 2 heterocycles. The Hall–Kier alpha value is -3.25. The van der Waals surface area contributed by atoms with Crippen molar-refractivity contribution in [2.45, 2.75) is 0 Å². The van der Waals surface area contributed by atoms with Crippen molar-refractivity contribution >= 4 is 33.1 Å². The third kappa shape index (κ3) is 3.49. The van der Waals surface area contributed by atoms with Crippen LogP contribution >= 0.6 is 11.3 Å². The Balaban J connectivity index is 1.52. The normalized spacial score (nSPS) is 10.6. The number of nitrogens with zero attached hydrogens (tertiary/aromatic N) is 2. The van der Waals surface area contributed by atoms with E-state index in [1.54, 1.807) is 42.0 Å². The van der Waals surface area contributed by atoms with E-state index in [1.165, 1.54) is 11.3 Å². The Morgan fingerprint density at radius 2 is 1.96 bits per heavy atom. The summed E-state index contributed by atoms with van der Waals surface area (Å²) in [5.41, 5.74) is 3.96. The molecular formula is C19H13N3O2S. The van der Waals surface area contributed by atoms with Crippen molar-refractivity contribution in [2.75, 3.05) is 5.32 Å². The number of amides is 1. The SMILES string of the molecule is O=C(Nc1ccc2ncsc2c1)c1cccc(Oc2ccccn2)c1. The van der Waals surface area contributed by atoms with E-state index >= 15 is 0 Å². The first-order valence-corrected chi connectivity index (χ1v) is 8.49. The number of anilines is 1. The standard InChI is InChI=1S/C19H13N3O2S/c23-19(22-14-7-8-16-17(11-14)25-12-21-16)13-4-3-5-15(10-13)24-18-6-1-2-9-20-18/h1-12H,(H,22,23). The molecule has 5 nitrogen and oxygen atoms in total. The summed E-state index contributed by atoms with van der Waals surface area (Å²) in [5.74, 6) is 0.843. The fraction of sp³-hybridized carbons (Fsp3) is 0. The van der Waals surface area contributed by atoms with Crippen LogP contribution in [0.4, 0.5) is 5.69 Å². The van der Waals surface area contributed by atoms with E-state index in [0.29, 0.717) is 17.2 Å². The number of aromatic nitrogens is 2. The van der Waals surface area contributed by atoms with Crippen molar-refractivity contribution in [1.29, 1.82) is 0 Å². The predicted octanol–water partition coefficient (Wildman–Crippen LogP) is 4.74. The highest BCUT2D eigenvalue weighted by Gasteiger charge is 2.09. The third-order valence-corrected chi connectivity index (χ3v) is 4.34. The maximum atomic E-state index is 12.5. The van der Waals surface area contributed by atoms with Gasteiger partial charge < -0.3 is 10.1 Å². The summed E-state index contributed by atoms with van der Waals surface area (Å²) in [6.45, 7) is 0. The molecule has 0 fully saturated rings. The van der Waals surface area contributed by atoms with Crippen molar-refractivity contribution in [2.24, 2.45) is 0 Å². The van der Waals surface area contributed by atoms with Crippen LogP contribution in [0.3, 0.4) is 0 Å². The smallest absolute Gasteiger partial charge is 0.255 e. The first kappa shape index (κ1) is 15.3. The minimum atomic E-state index is -0.199. The zero-order chi connectivity index (χ0) is 17.1. The average Bonchev–Trinajstić information content (AvgIpc) is 3.10. The monoisotopic (exact) mass is 347 g/mol. The van der Waals surface area contributed by atoms with Crippen molar-refractivity contribution in [3.05, 3.63) is 77.9 Å². The lowest BCUT2D eigenvalue weighted by Crippen LogP contribution is -2.11. The second-order valence-corrected chi connectivity index (χ2v) is 6.17. The fourth-order valence-electron chi connectivity index (χ4n) is 2.37. The summed E-state index contributed by atoms with van der Waals surface area (Å²) >= 11 is 1.54. The highest BCUT2D eigenvalue weighted by molar-refractivity contribution is 7.16. The van der Waals surface area contributed by atoms with E-state index in [4.69, 9.17) is 4.74 Å². The molecule has 0 aliphatic carbocycles. The summed E-state index contributed by atoms with van der Waals surface area (Å²) in [5, 5.41) is 2.90. The number of nitrogens with one attached hydrogen (secondary N) is 1. The molecule has 0 unspecified atom stereocenters. The maximum absolute atomic E-state index is 12.5. The summed E-state index contributed by atoms with van der Waals surface area (Å²) in [6.07, 6.45) is 1.65. The topological polar surface area (TPSA) is 64.1 Å². The van der Waals surface area contributed by atoms with E-state index in [9.17, 15) is 4.79 Å². The Kier molecular flexibility index (Phi) is 4.10. The number of benzene rings is 2. The molecule has 0 saturated carbocycles. The molecule has 0 radical (unpaired) electrons. The van der Waals surface area contributed by atoms with Gasteiger partial charge in [0.15, 0.2) is 0 Å². The molecule has 1 N–H and O–H groups in total. The van der Waals surface area contributed by atoms with Crippen LogP contribution in [0.15, 0.2) is 72.4 Å². The molecule has 25 heavy (non-hydrogen) atoms. The zero-order valence-corrected chi connectivity index (χ0v) is 13.9. The van der Waals surface area contributed by atoms with Gasteiger partial charge in [0.2, 0.25) is 5.88 Å². The van der Waals surface area contributed by atoms with Gasteiger partial charge in [-0.2, -0.15) is 0 Å². The van der Waals surface area contributed by atoms with Crippen LogP contribution in [0.25, 0.3) is 10.2 Å². The van der Waals surface area contributed by atoms with E-state index in [2.05, 4.69) is 15.3 Å². The van der Waals surface area contributed by atoms with Gasteiger partial charge in [-0.15, -0.1) is 11.3 Å². The number of carbonyl (C=O) groups is 1. The summed E-state index contributed by atoms with van der Waals surface area (Å²) in [7, 11) is 0. The van der Waals surface area contributed by atoms with E-state index < -0.39 is 0 Å². The summed E-state index contributed by atoms with van der Waals surface area (Å²) in [4.78, 5) is 20.8. The Labute approximate surface area is 147 Å². The fourth-order valence-corrected chi connectivity index (χ4v) is 3.08. The van der Waals surface area contributed by atoms with Crippen molar-refractivity contribution in [3.8, 4) is 11.6 Å². The first-order chi connectivity index (χ1) is 12.3. The zero-order valence-electron chi connectivity index (χ0n) is 13.0. The molecule has 4 aromatic rings. The molecule has 2 aromatic carbocycles. The van der Waals surface area contributed by atoms with Crippen LogP contribution in [0.5, 0.6) is 11.6 Å². The van der Waals surface area contributed by atoms with Gasteiger partial charge in [0.25, 0.3) is 5.91 Å². The van der Waals surface area contributed by atoms with Crippen LogP contribution in [0, 0.1) is 0 Å². The van der Waals surface area contributed by atoms with Gasteiger partial charge in [0, 0.05) is 23.5 Å². The number of thiazole rings is 1. The maximum Gasteiger partial charge on any atom is 0.255 e. The molecule has 0 bridgehead atoms. The highest BCUT2D eigenvalue weighted by atomic mass is 32.1. The number of hydrogen-bond acceptors (Lipinski definition) is 5. The largest absolute Gasteiger partial charge is 0.439 e. The van der Waals surface area contributed by atoms with Crippen LogP contribution in [-0.2, 0) is 0 Å². The molecule has 1 amide bonds. The second kappa shape index (κ2) is 6.70. The quantitative estimate of drug-likeness (QED) is 0.579. The number of hydrogen-bond donors (Lipinski definition) is 1. The Morgan fingerprint density at radius 3 is 2.84 bits per heavy atom. The number of rotatable bonds is 4. The minimum Gasteiger partial charge on any atom is -0.439 e. The van der Waals surface area contributed by atoms with Gasteiger partial charge in [-0.3, -0.25) is 4.79 Å². The van der Waals surface area contributed by atoms with Gasteiger partial charge in [0.05, 0.1) is 15.7 Å². The van der Waals surface area contributed by atoms with Crippen LogP contribution in [0.1, 0.15) is 10.4 Å². The first-order valence-electron chi connectivity index (χ1n) is 7.61. The number of ether oxygens (including phenoxy) is 1. The Morgan fingerprint density at radius 1 is 1.00 bits per heavy atom. The highest BCUT2D eigenvalue weighted by Crippen LogP contribution is 2.23. The Bertz CT molecular complexity index is 1030. The molecule has 0 spiro atoms. The molecule has 4 rings (SSSR count). The van der Waals surface area contributed by atoms with Crippen molar-refractivity contribution in [3.63, 3.8) is 0 Å². The minimum absolute atomic E-state index is 0.199. The summed E-state index contributed by atoms with van der Waals surface area (Å²) < 4.78 is 6.70. The second-order valence-electron chi connectivity index (χ2n) is 5.29. The van der Waals surface area contributed by atoms with Crippen LogP contribution < -0.4 is 10.1 Å². The molecule has 122 valence electrons. The molecule has 0 atom stereocenters. The molecule has 0 saturated heterocycles. The lowest BCUT2D eigenvalue weighted by atomic mass is 10.2. The van der Waals surface area contributed by atoms with E-state index in [-0.39, 0.29) is 5.91 Å². The van der Waals surface area contributed by atoms with Crippen LogP contribution in [-0.4, -0.2) is 15.9 Å². The summed E-state index contributed by atoms with van der Waals surface area (Å²) in [6, 6.07) is 18.1. The predicted molar refractivity (Wildman–Crippen MR) is 98.3 cm³/mol. The van der Waals surface area contributed by atoms with Gasteiger partial charge in [0.1, 0.15) is 5.75 Å². The lowest BCUT2D eigenvalue weighted by molar-refractivity contribution is 0.102. The average molecular weight is 347 g/mol. The van der Waals surface area contributed by atoms with Crippen molar-refractivity contribution in [1.82, 2.24) is 9.97 Å². The third-order valence-electron chi connectivity index (χ3n) is 3.55.